The Morgan fingerprint density at radius 2 is 2.16 bits per heavy atom. The Morgan fingerprint density at radius 3 is 2.79 bits per heavy atom. The van der Waals surface area contributed by atoms with E-state index in [1.807, 2.05) is 18.2 Å². The van der Waals surface area contributed by atoms with Gasteiger partial charge in [0.15, 0.2) is 0 Å². The van der Waals surface area contributed by atoms with Crippen LogP contribution in [0.3, 0.4) is 0 Å². The lowest BCUT2D eigenvalue weighted by molar-refractivity contribution is 0.0696. The summed E-state index contributed by atoms with van der Waals surface area (Å²) in [6.45, 7) is 3.87. The summed E-state index contributed by atoms with van der Waals surface area (Å²) in [5, 5.41) is 9.04. The van der Waals surface area contributed by atoms with Gasteiger partial charge in [-0.1, -0.05) is 13.0 Å². The highest BCUT2D eigenvalue weighted by atomic mass is 16.4. The van der Waals surface area contributed by atoms with Gasteiger partial charge in [-0.05, 0) is 37.6 Å². The molecular weight excluding hydrogens is 240 g/mol. The third-order valence-electron chi connectivity index (χ3n) is 2.96. The highest BCUT2D eigenvalue weighted by Gasteiger charge is 2.11. The van der Waals surface area contributed by atoms with E-state index in [9.17, 15) is 4.79 Å². The summed E-state index contributed by atoms with van der Waals surface area (Å²) in [5.74, 6) is -0.714. The molecule has 0 fully saturated rings. The molecule has 0 aliphatic heterocycles. The number of aromatic carboxylic acids is 1. The molecule has 0 bridgehead atoms. The topological polar surface area (TPSA) is 63.1 Å². The average Bonchev–Trinajstić information content (AvgIpc) is 2.39. The maximum atomic E-state index is 11.0. The molecule has 2 aromatic rings. The van der Waals surface area contributed by atoms with Crippen LogP contribution in [0.15, 0.2) is 36.5 Å². The number of hydrogen-bond donors (Lipinski definition) is 1. The number of carboxylic acid groups (broad SMARTS) is 1. The maximum Gasteiger partial charge on any atom is 0.335 e. The molecule has 1 atom stereocenters. The summed E-state index contributed by atoms with van der Waals surface area (Å²) in [7, 11) is 0. The zero-order valence-corrected chi connectivity index (χ0v) is 11.0. The number of pyridine rings is 2. The number of nitrogens with zero attached hydrogens (tertiary/aromatic N) is 2. The standard InChI is InChI=1S/C15H16N2O2/c1-10(14-5-3-4-6-16-14)7-13-9-12(15(18)19)8-11(2)17-13/h3-6,8-10H,7H2,1-2H3,(H,18,19). The zero-order valence-electron chi connectivity index (χ0n) is 11.0. The fourth-order valence-corrected chi connectivity index (χ4v) is 2.05. The first-order valence-electron chi connectivity index (χ1n) is 6.18. The third-order valence-corrected chi connectivity index (χ3v) is 2.96. The van der Waals surface area contributed by atoms with Crippen molar-refractivity contribution in [2.24, 2.45) is 0 Å². The van der Waals surface area contributed by atoms with E-state index in [0.29, 0.717) is 6.42 Å². The molecule has 0 aliphatic rings. The lowest BCUT2D eigenvalue weighted by Gasteiger charge is -2.11. The first kappa shape index (κ1) is 13.2. The van der Waals surface area contributed by atoms with Crippen LogP contribution in [0.25, 0.3) is 0 Å². The molecule has 4 nitrogen and oxygen atoms in total. The van der Waals surface area contributed by atoms with Gasteiger partial charge in [-0.15, -0.1) is 0 Å². The average molecular weight is 256 g/mol. The molecule has 1 unspecified atom stereocenters. The van der Waals surface area contributed by atoms with Crippen molar-refractivity contribution >= 4 is 5.97 Å². The van der Waals surface area contributed by atoms with Crippen molar-refractivity contribution in [3.63, 3.8) is 0 Å². The van der Waals surface area contributed by atoms with E-state index in [1.165, 1.54) is 0 Å². The SMILES string of the molecule is Cc1cc(C(=O)O)cc(CC(C)c2ccccn2)n1. The van der Waals surface area contributed by atoms with Gasteiger partial charge in [-0.25, -0.2) is 4.79 Å². The fraction of sp³-hybridized carbons (Fsp3) is 0.267. The van der Waals surface area contributed by atoms with Crippen LogP contribution in [0, 0.1) is 6.92 Å². The minimum Gasteiger partial charge on any atom is -0.478 e. The van der Waals surface area contributed by atoms with E-state index in [-0.39, 0.29) is 11.5 Å². The normalized spacial score (nSPS) is 12.1. The van der Waals surface area contributed by atoms with Crippen molar-refractivity contribution in [2.75, 3.05) is 0 Å². The molecule has 0 aromatic carbocycles. The van der Waals surface area contributed by atoms with Crippen LogP contribution in [0.5, 0.6) is 0 Å². The number of carboxylic acids is 1. The van der Waals surface area contributed by atoms with E-state index in [2.05, 4.69) is 16.9 Å². The zero-order chi connectivity index (χ0) is 13.8. The van der Waals surface area contributed by atoms with Crippen LogP contribution in [0.2, 0.25) is 0 Å². The van der Waals surface area contributed by atoms with Crippen LogP contribution in [0.1, 0.15) is 40.3 Å². The predicted octanol–water partition coefficient (Wildman–Crippen LogP) is 2.83. The number of rotatable bonds is 4. The molecule has 2 aromatic heterocycles. The summed E-state index contributed by atoms with van der Waals surface area (Å²) in [6.07, 6.45) is 2.44. The predicted molar refractivity (Wildman–Crippen MR) is 72.3 cm³/mol. The van der Waals surface area contributed by atoms with Gasteiger partial charge in [0.2, 0.25) is 0 Å². The second kappa shape index (κ2) is 5.61. The third kappa shape index (κ3) is 3.37. The largest absolute Gasteiger partial charge is 0.478 e. The molecule has 0 aliphatic carbocycles. The van der Waals surface area contributed by atoms with Gasteiger partial charge in [0, 0.05) is 29.2 Å². The molecule has 2 heterocycles. The van der Waals surface area contributed by atoms with Gasteiger partial charge in [0.05, 0.1) is 5.56 Å². The summed E-state index contributed by atoms with van der Waals surface area (Å²) in [6, 6.07) is 9.01. The number of aryl methyl sites for hydroxylation is 1. The number of hydrogen-bond acceptors (Lipinski definition) is 3. The van der Waals surface area contributed by atoms with Crippen LogP contribution in [0.4, 0.5) is 0 Å². The smallest absolute Gasteiger partial charge is 0.335 e. The van der Waals surface area contributed by atoms with E-state index >= 15 is 0 Å². The Labute approximate surface area is 112 Å². The van der Waals surface area contributed by atoms with Crippen LogP contribution in [-0.4, -0.2) is 21.0 Å². The Hall–Kier alpha value is -2.23. The first-order valence-corrected chi connectivity index (χ1v) is 6.18. The molecule has 0 amide bonds. The molecule has 4 heteroatoms. The fourth-order valence-electron chi connectivity index (χ4n) is 2.05. The van der Waals surface area contributed by atoms with Crippen LogP contribution in [-0.2, 0) is 6.42 Å². The Balaban J connectivity index is 2.21. The molecular formula is C15H16N2O2. The monoisotopic (exact) mass is 256 g/mol. The lowest BCUT2D eigenvalue weighted by atomic mass is 9.99. The van der Waals surface area contributed by atoms with Crippen LogP contribution < -0.4 is 0 Å². The molecule has 19 heavy (non-hydrogen) atoms. The van der Waals surface area contributed by atoms with Crippen molar-refractivity contribution in [3.8, 4) is 0 Å². The quantitative estimate of drug-likeness (QED) is 0.913. The Morgan fingerprint density at radius 1 is 1.37 bits per heavy atom. The highest BCUT2D eigenvalue weighted by Crippen LogP contribution is 2.18. The molecule has 0 saturated carbocycles. The lowest BCUT2D eigenvalue weighted by Crippen LogP contribution is -2.06. The van der Waals surface area contributed by atoms with Gasteiger partial charge < -0.3 is 5.11 Å². The summed E-state index contributed by atoms with van der Waals surface area (Å²) in [5.41, 5.74) is 2.79. The van der Waals surface area contributed by atoms with Crippen molar-refractivity contribution in [1.29, 1.82) is 0 Å². The maximum absolute atomic E-state index is 11.0. The van der Waals surface area contributed by atoms with Crippen molar-refractivity contribution in [2.45, 2.75) is 26.2 Å². The second-order valence-electron chi connectivity index (χ2n) is 4.65. The van der Waals surface area contributed by atoms with E-state index in [0.717, 1.165) is 17.1 Å². The first-order chi connectivity index (χ1) is 9.06. The molecule has 0 radical (unpaired) electrons. The van der Waals surface area contributed by atoms with Gasteiger partial charge in [-0.3, -0.25) is 9.97 Å². The summed E-state index contributed by atoms with van der Waals surface area (Å²) >= 11 is 0. The molecule has 1 N–H and O–H groups in total. The van der Waals surface area contributed by atoms with E-state index in [4.69, 9.17) is 5.11 Å². The Kier molecular flexibility index (Phi) is 3.90. The summed E-state index contributed by atoms with van der Waals surface area (Å²) < 4.78 is 0. The minimum absolute atomic E-state index is 0.206. The van der Waals surface area contributed by atoms with Gasteiger partial charge in [0.25, 0.3) is 0 Å². The second-order valence-corrected chi connectivity index (χ2v) is 4.65. The van der Waals surface area contributed by atoms with Gasteiger partial charge in [-0.2, -0.15) is 0 Å². The Bertz CT molecular complexity index is 582. The summed E-state index contributed by atoms with van der Waals surface area (Å²) in [4.78, 5) is 19.7. The van der Waals surface area contributed by atoms with E-state index < -0.39 is 5.97 Å². The minimum atomic E-state index is -0.919. The highest BCUT2D eigenvalue weighted by molar-refractivity contribution is 5.87. The number of aromatic nitrogens is 2. The molecule has 0 saturated heterocycles. The molecule has 0 spiro atoms. The van der Waals surface area contributed by atoms with E-state index in [1.54, 1.807) is 25.3 Å². The van der Waals surface area contributed by atoms with Crippen molar-refractivity contribution in [1.82, 2.24) is 9.97 Å². The number of carbonyl (C=O) groups is 1. The van der Waals surface area contributed by atoms with Crippen molar-refractivity contribution < 1.29 is 9.90 Å². The van der Waals surface area contributed by atoms with Crippen LogP contribution >= 0.6 is 0 Å². The van der Waals surface area contributed by atoms with Gasteiger partial charge >= 0.3 is 5.97 Å². The molecule has 98 valence electrons. The van der Waals surface area contributed by atoms with Gasteiger partial charge in [0.1, 0.15) is 0 Å². The molecule has 2 rings (SSSR count). The van der Waals surface area contributed by atoms with Crippen molar-refractivity contribution in [3.05, 3.63) is 59.2 Å².